The number of pyridine rings is 1. The monoisotopic (exact) mass is 477 g/mol. The molecule has 32 heavy (non-hydrogen) atoms. The van der Waals surface area contributed by atoms with Gasteiger partial charge in [-0.25, -0.2) is 15.8 Å². The smallest absolute Gasteiger partial charge is 0.265 e. The molecule has 0 aromatic carbocycles. The number of aliphatic hydroxyl groups excluding tert-OH is 1. The van der Waals surface area contributed by atoms with Crippen LogP contribution in [0.1, 0.15) is 38.0 Å². The number of rotatable bonds is 7. The lowest BCUT2D eigenvalue weighted by Gasteiger charge is -2.48. The minimum absolute atomic E-state index is 0.202. The standard InChI is InChI=1S/C22H28ClN5O3S/c1-3-14(12-17-15(23)8-11-32-17)22(31)18(29)7-9-21(22,20(30)28(24)4-2)27-13-26-16-6-5-10-25-19(16)27/h5-6,8,10-11,13-14,18,29,31H,3-4,7,9,12,24H2,1-2H3. The van der Waals surface area contributed by atoms with Crippen molar-refractivity contribution in [2.45, 2.75) is 56.8 Å². The number of carbonyl (C=O) groups is 1. The van der Waals surface area contributed by atoms with Crippen molar-refractivity contribution in [3.05, 3.63) is 46.0 Å². The number of carbonyl (C=O) groups excluding carboxylic acids is 1. The lowest BCUT2D eigenvalue weighted by molar-refractivity contribution is -0.179. The molecule has 3 aromatic rings. The number of nitrogens with two attached hydrogens (primary N) is 1. The van der Waals surface area contributed by atoms with Gasteiger partial charge in [-0.05, 0) is 55.7 Å². The third-order valence-corrected chi connectivity index (χ3v) is 8.27. The van der Waals surface area contributed by atoms with Crippen molar-refractivity contribution >= 4 is 40.0 Å². The number of likely N-dealkylation sites (N-methyl/N-ethyl adjacent to an activating group) is 1. The van der Waals surface area contributed by atoms with Crippen LogP contribution < -0.4 is 5.84 Å². The summed E-state index contributed by atoms with van der Waals surface area (Å²) in [5, 5.41) is 27.2. The van der Waals surface area contributed by atoms with E-state index in [1.165, 1.54) is 17.7 Å². The van der Waals surface area contributed by atoms with Gasteiger partial charge in [-0.1, -0.05) is 24.9 Å². The average molecular weight is 478 g/mol. The molecular formula is C22H28ClN5O3S. The molecule has 4 rings (SSSR count). The van der Waals surface area contributed by atoms with Crippen molar-refractivity contribution in [1.29, 1.82) is 0 Å². The Labute approximate surface area is 195 Å². The highest BCUT2D eigenvalue weighted by molar-refractivity contribution is 7.10. The Kier molecular flexibility index (Phi) is 6.30. The van der Waals surface area contributed by atoms with Crippen molar-refractivity contribution < 1.29 is 15.0 Å². The molecule has 4 N–H and O–H groups in total. The van der Waals surface area contributed by atoms with Gasteiger partial charge in [0, 0.05) is 17.6 Å². The van der Waals surface area contributed by atoms with Crippen LogP contribution in [0.3, 0.4) is 0 Å². The number of hydrogen-bond donors (Lipinski definition) is 3. The highest BCUT2D eigenvalue weighted by Crippen LogP contribution is 2.53. The van der Waals surface area contributed by atoms with E-state index in [1.54, 1.807) is 29.8 Å². The van der Waals surface area contributed by atoms with Gasteiger partial charge in [-0.3, -0.25) is 14.4 Å². The Balaban J connectivity index is 1.95. The fraction of sp³-hybridized carbons (Fsp3) is 0.500. The number of halogens is 1. The second-order valence-electron chi connectivity index (χ2n) is 8.29. The Hall–Kier alpha value is -2.04. The number of amides is 1. The largest absolute Gasteiger partial charge is 0.390 e. The van der Waals surface area contributed by atoms with Gasteiger partial charge < -0.3 is 10.2 Å². The third kappa shape index (κ3) is 3.26. The van der Waals surface area contributed by atoms with Crippen LogP contribution in [0.4, 0.5) is 0 Å². The molecule has 3 aromatic heterocycles. The number of fused-ring (bicyclic) bond motifs is 1. The highest BCUT2D eigenvalue weighted by Gasteiger charge is 2.68. The fourth-order valence-corrected chi connectivity index (χ4v) is 6.36. The van der Waals surface area contributed by atoms with Crippen molar-refractivity contribution in [3.8, 4) is 0 Å². The van der Waals surface area contributed by atoms with Crippen LogP contribution >= 0.6 is 22.9 Å². The SMILES string of the molecule is CCC(Cc1sccc1Cl)C1(O)C(O)CCC1(C(=O)N(N)CC)n1cnc2cccnc21. The summed E-state index contributed by atoms with van der Waals surface area (Å²) < 4.78 is 1.62. The first-order valence-corrected chi connectivity index (χ1v) is 12.0. The summed E-state index contributed by atoms with van der Waals surface area (Å²) in [6.07, 6.45) is 3.38. The molecule has 172 valence electrons. The molecule has 1 aliphatic carbocycles. The van der Waals surface area contributed by atoms with Gasteiger partial charge in [-0.2, -0.15) is 0 Å². The van der Waals surface area contributed by atoms with Crippen molar-refractivity contribution in [1.82, 2.24) is 19.5 Å². The van der Waals surface area contributed by atoms with Crippen LogP contribution in [-0.4, -0.2) is 53.9 Å². The van der Waals surface area contributed by atoms with Gasteiger partial charge in [0.15, 0.2) is 11.2 Å². The van der Waals surface area contributed by atoms with Crippen LogP contribution in [0.5, 0.6) is 0 Å². The van der Waals surface area contributed by atoms with Crippen LogP contribution in [0.15, 0.2) is 36.1 Å². The van der Waals surface area contributed by atoms with Crippen LogP contribution in [-0.2, 0) is 16.8 Å². The van der Waals surface area contributed by atoms with Crippen LogP contribution in [0.2, 0.25) is 5.02 Å². The molecule has 0 saturated heterocycles. The number of aromatic nitrogens is 3. The zero-order valence-corrected chi connectivity index (χ0v) is 19.7. The number of aliphatic hydroxyl groups is 2. The maximum absolute atomic E-state index is 13.9. The molecule has 0 radical (unpaired) electrons. The highest BCUT2D eigenvalue weighted by atomic mass is 35.5. The summed E-state index contributed by atoms with van der Waals surface area (Å²) in [5.41, 5.74) is -2.32. The molecule has 4 unspecified atom stereocenters. The maximum atomic E-state index is 13.9. The molecule has 1 aliphatic rings. The Morgan fingerprint density at radius 1 is 1.44 bits per heavy atom. The quantitative estimate of drug-likeness (QED) is 0.273. The van der Waals surface area contributed by atoms with Crippen LogP contribution in [0, 0.1) is 5.92 Å². The fourth-order valence-electron chi connectivity index (χ4n) is 5.16. The second kappa shape index (κ2) is 8.72. The average Bonchev–Trinajstić information content (AvgIpc) is 3.48. The minimum atomic E-state index is -1.82. The van der Waals surface area contributed by atoms with E-state index < -0.39 is 29.1 Å². The molecule has 1 amide bonds. The number of thiophene rings is 1. The van der Waals surface area contributed by atoms with Crippen molar-refractivity contribution in [2.75, 3.05) is 6.54 Å². The molecule has 0 bridgehead atoms. The third-order valence-electron chi connectivity index (χ3n) is 6.86. The molecule has 0 aliphatic heterocycles. The van der Waals surface area contributed by atoms with Gasteiger partial charge in [-0.15, -0.1) is 11.3 Å². The predicted octanol–water partition coefficient (Wildman–Crippen LogP) is 2.72. The van der Waals surface area contributed by atoms with Gasteiger partial charge >= 0.3 is 0 Å². The number of hydrogen-bond acceptors (Lipinski definition) is 7. The van der Waals surface area contributed by atoms with E-state index in [2.05, 4.69) is 9.97 Å². The molecule has 4 atom stereocenters. The topological polar surface area (TPSA) is 118 Å². The maximum Gasteiger partial charge on any atom is 0.265 e. The number of imidazole rings is 1. The van der Waals surface area contributed by atoms with E-state index in [0.717, 1.165) is 9.89 Å². The summed E-state index contributed by atoms with van der Waals surface area (Å²) in [6, 6.07) is 5.37. The Morgan fingerprint density at radius 2 is 2.22 bits per heavy atom. The summed E-state index contributed by atoms with van der Waals surface area (Å²) in [6.45, 7) is 3.96. The molecule has 10 heteroatoms. The zero-order valence-electron chi connectivity index (χ0n) is 18.1. The van der Waals surface area contributed by atoms with E-state index in [4.69, 9.17) is 17.4 Å². The van der Waals surface area contributed by atoms with E-state index in [0.29, 0.717) is 29.0 Å². The second-order valence-corrected chi connectivity index (χ2v) is 9.70. The first-order chi connectivity index (χ1) is 15.3. The first-order valence-electron chi connectivity index (χ1n) is 10.8. The van der Waals surface area contributed by atoms with E-state index >= 15 is 0 Å². The summed E-state index contributed by atoms with van der Waals surface area (Å²) in [7, 11) is 0. The number of hydrazine groups is 1. The lowest BCUT2D eigenvalue weighted by atomic mass is 9.69. The predicted molar refractivity (Wildman–Crippen MR) is 124 cm³/mol. The van der Waals surface area contributed by atoms with E-state index in [9.17, 15) is 15.0 Å². The zero-order chi connectivity index (χ0) is 23.1. The molecule has 8 nitrogen and oxygen atoms in total. The normalized spacial score (nSPS) is 26.5. The number of nitrogens with zero attached hydrogens (tertiary/aromatic N) is 4. The molecule has 0 spiro atoms. The summed E-state index contributed by atoms with van der Waals surface area (Å²) in [4.78, 5) is 23.7. The molecule has 1 fully saturated rings. The van der Waals surface area contributed by atoms with Gasteiger partial charge in [0.05, 0.1) is 17.5 Å². The van der Waals surface area contributed by atoms with Gasteiger partial charge in [0.25, 0.3) is 5.91 Å². The van der Waals surface area contributed by atoms with Crippen molar-refractivity contribution in [2.24, 2.45) is 11.8 Å². The lowest BCUT2D eigenvalue weighted by Crippen LogP contribution is -2.68. The first kappa shape index (κ1) is 23.1. The van der Waals surface area contributed by atoms with Gasteiger partial charge in [0.1, 0.15) is 11.1 Å². The van der Waals surface area contributed by atoms with Crippen LogP contribution in [0.25, 0.3) is 11.2 Å². The summed E-state index contributed by atoms with van der Waals surface area (Å²) in [5.74, 6) is 5.18. The van der Waals surface area contributed by atoms with E-state index in [-0.39, 0.29) is 19.4 Å². The summed E-state index contributed by atoms with van der Waals surface area (Å²) >= 11 is 7.85. The van der Waals surface area contributed by atoms with E-state index in [1.807, 2.05) is 18.4 Å². The Bertz CT molecular complexity index is 1120. The van der Waals surface area contributed by atoms with Gasteiger partial charge in [0.2, 0.25) is 0 Å². The minimum Gasteiger partial charge on any atom is -0.390 e. The molecular weight excluding hydrogens is 450 g/mol. The molecule has 1 saturated carbocycles. The van der Waals surface area contributed by atoms with Crippen molar-refractivity contribution in [3.63, 3.8) is 0 Å². The molecule has 3 heterocycles. The Morgan fingerprint density at radius 3 is 2.88 bits per heavy atom.